The summed E-state index contributed by atoms with van der Waals surface area (Å²) in [4.78, 5) is 8.36. The minimum atomic E-state index is -4.39. The van der Waals surface area contributed by atoms with E-state index in [1.165, 1.54) is 18.2 Å². The Kier molecular flexibility index (Phi) is 4.83. The molecule has 128 valence electrons. The summed E-state index contributed by atoms with van der Waals surface area (Å²) in [6.45, 7) is 0. The number of nitrogens with one attached hydrogen (secondary N) is 1. The van der Waals surface area contributed by atoms with Gasteiger partial charge in [0.1, 0.15) is 11.0 Å². The Morgan fingerprint density at radius 1 is 0.840 bits per heavy atom. The van der Waals surface area contributed by atoms with Crippen molar-refractivity contribution in [2.45, 2.75) is 6.18 Å². The van der Waals surface area contributed by atoms with Crippen LogP contribution < -0.4 is 5.32 Å². The Labute approximate surface area is 151 Å². The Morgan fingerprint density at radius 2 is 1.48 bits per heavy atom. The molecule has 1 aromatic heterocycles. The topological polar surface area (TPSA) is 37.8 Å². The minimum Gasteiger partial charge on any atom is -0.340 e. The van der Waals surface area contributed by atoms with Crippen molar-refractivity contribution in [2.24, 2.45) is 0 Å². The predicted octanol–water partition coefficient (Wildman–Crippen LogP) is 6.21. The predicted molar refractivity (Wildman–Crippen MR) is 92.2 cm³/mol. The molecule has 0 amide bonds. The molecule has 1 heterocycles. The fourth-order valence-electron chi connectivity index (χ4n) is 2.10. The van der Waals surface area contributed by atoms with E-state index in [2.05, 4.69) is 15.3 Å². The van der Waals surface area contributed by atoms with Gasteiger partial charge in [0.05, 0.1) is 5.56 Å². The molecule has 0 fully saturated rings. The second kappa shape index (κ2) is 6.90. The molecule has 0 atom stereocenters. The molecule has 1 N–H and O–H groups in total. The highest BCUT2D eigenvalue weighted by Gasteiger charge is 2.30. The molecule has 0 radical (unpaired) electrons. The molecule has 2 aromatic carbocycles. The summed E-state index contributed by atoms with van der Waals surface area (Å²) in [6, 6.07) is 13.0. The summed E-state index contributed by atoms with van der Waals surface area (Å²) >= 11 is 11.8. The van der Waals surface area contributed by atoms with E-state index in [-0.39, 0.29) is 11.0 Å². The lowest BCUT2D eigenvalue weighted by Crippen LogP contribution is -2.04. The lowest BCUT2D eigenvalue weighted by Gasteiger charge is -2.10. The third-order valence-electron chi connectivity index (χ3n) is 3.28. The van der Waals surface area contributed by atoms with E-state index in [4.69, 9.17) is 23.2 Å². The standard InChI is InChI=1S/C17H10Cl2F3N3/c18-12-5-7-13(8-6-12)23-15-9-14(19)24-16(25-15)10-1-3-11(4-2-10)17(20,21)22/h1-9H,(H,23,24,25). The zero-order valence-electron chi connectivity index (χ0n) is 12.5. The van der Waals surface area contributed by atoms with Crippen LogP contribution in [0.25, 0.3) is 11.4 Å². The van der Waals surface area contributed by atoms with Crippen molar-refractivity contribution in [1.82, 2.24) is 9.97 Å². The number of rotatable bonds is 3. The molecule has 0 saturated carbocycles. The first-order valence-electron chi connectivity index (χ1n) is 7.06. The summed E-state index contributed by atoms with van der Waals surface area (Å²) in [5, 5.41) is 3.81. The molecule has 0 bridgehead atoms. The maximum Gasteiger partial charge on any atom is 0.416 e. The van der Waals surface area contributed by atoms with Gasteiger partial charge in [-0.1, -0.05) is 35.3 Å². The largest absolute Gasteiger partial charge is 0.416 e. The number of halogens is 5. The molecule has 3 rings (SSSR count). The van der Waals surface area contributed by atoms with Gasteiger partial charge in [0.15, 0.2) is 5.82 Å². The molecule has 25 heavy (non-hydrogen) atoms. The second-order valence-electron chi connectivity index (χ2n) is 5.11. The van der Waals surface area contributed by atoms with Crippen LogP contribution in [0, 0.1) is 0 Å². The molecule has 0 aliphatic rings. The van der Waals surface area contributed by atoms with Gasteiger partial charge >= 0.3 is 6.18 Å². The van der Waals surface area contributed by atoms with E-state index in [0.29, 0.717) is 16.4 Å². The van der Waals surface area contributed by atoms with Crippen molar-refractivity contribution in [3.05, 3.63) is 70.3 Å². The van der Waals surface area contributed by atoms with Crippen molar-refractivity contribution in [3.8, 4) is 11.4 Å². The maximum absolute atomic E-state index is 12.6. The smallest absolute Gasteiger partial charge is 0.340 e. The Bertz CT molecular complexity index is 879. The number of hydrogen-bond acceptors (Lipinski definition) is 3. The van der Waals surface area contributed by atoms with Crippen LogP contribution >= 0.6 is 23.2 Å². The highest BCUT2D eigenvalue weighted by atomic mass is 35.5. The van der Waals surface area contributed by atoms with E-state index in [9.17, 15) is 13.2 Å². The summed E-state index contributed by atoms with van der Waals surface area (Å²) in [5.41, 5.74) is 0.421. The van der Waals surface area contributed by atoms with Crippen LogP contribution in [-0.2, 0) is 6.18 Å². The lowest BCUT2D eigenvalue weighted by molar-refractivity contribution is -0.137. The first kappa shape index (κ1) is 17.5. The molecule has 0 aliphatic heterocycles. The number of hydrogen-bond donors (Lipinski definition) is 1. The molecular formula is C17H10Cl2F3N3. The zero-order chi connectivity index (χ0) is 18.0. The van der Waals surface area contributed by atoms with E-state index in [1.54, 1.807) is 24.3 Å². The first-order chi connectivity index (χ1) is 11.8. The highest BCUT2D eigenvalue weighted by molar-refractivity contribution is 6.30. The normalized spacial score (nSPS) is 11.4. The SMILES string of the molecule is FC(F)(F)c1ccc(-c2nc(Cl)cc(Nc3ccc(Cl)cc3)n2)cc1. The van der Waals surface area contributed by atoms with Crippen LogP contribution in [0.5, 0.6) is 0 Å². The van der Waals surface area contributed by atoms with Crippen molar-refractivity contribution < 1.29 is 13.2 Å². The van der Waals surface area contributed by atoms with Crippen LogP contribution in [0.2, 0.25) is 10.2 Å². The molecule has 0 unspecified atom stereocenters. The van der Waals surface area contributed by atoms with Gasteiger partial charge in [-0.15, -0.1) is 0 Å². The van der Waals surface area contributed by atoms with Crippen LogP contribution in [0.4, 0.5) is 24.7 Å². The van der Waals surface area contributed by atoms with Gasteiger partial charge in [-0.2, -0.15) is 13.2 Å². The van der Waals surface area contributed by atoms with Crippen LogP contribution in [-0.4, -0.2) is 9.97 Å². The minimum absolute atomic E-state index is 0.168. The average Bonchev–Trinajstić information content (AvgIpc) is 2.56. The lowest BCUT2D eigenvalue weighted by atomic mass is 10.1. The molecule has 3 aromatic rings. The van der Waals surface area contributed by atoms with E-state index in [0.717, 1.165) is 17.8 Å². The number of alkyl halides is 3. The van der Waals surface area contributed by atoms with Gasteiger partial charge in [0, 0.05) is 22.3 Å². The van der Waals surface area contributed by atoms with Gasteiger partial charge in [-0.05, 0) is 36.4 Å². The Morgan fingerprint density at radius 3 is 2.08 bits per heavy atom. The summed E-state index contributed by atoms with van der Waals surface area (Å²) in [7, 11) is 0. The molecule has 0 spiro atoms. The first-order valence-corrected chi connectivity index (χ1v) is 7.82. The van der Waals surface area contributed by atoms with E-state index in [1.807, 2.05) is 0 Å². The maximum atomic E-state index is 12.6. The van der Waals surface area contributed by atoms with Crippen LogP contribution in [0.1, 0.15) is 5.56 Å². The van der Waals surface area contributed by atoms with E-state index >= 15 is 0 Å². The molecule has 0 aliphatic carbocycles. The highest BCUT2D eigenvalue weighted by Crippen LogP contribution is 2.31. The molecule has 8 heteroatoms. The van der Waals surface area contributed by atoms with Gasteiger partial charge in [0.25, 0.3) is 0 Å². The summed E-state index contributed by atoms with van der Waals surface area (Å²) < 4.78 is 37.9. The van der Waals surface area contributed by atoms with Gasteiger partial charge in [-0.25, -0.2) is 9.97 Å². The van der Waals surface area contributed by atoms with Gasteiger partial charge in [-0.3, -0.25) is 0 Å². The number of aromatic nitrogens is 2. The fraction of sp³-hybridized carbons (Fsp3) is 0.0588. The van der Waals surface area contributed by atoms with E-state index < -0.39 is 11.7 Å². The third kappa shape index (κ3) is 4.41. The van der Waals surface area contributed by atoms with Gasteiger partial charge < -0.3 is 5.32 Å². The molecule has 0 saturated heterocycles. The Balaban J connectivity index is 1.90. The van der Waals surface area contributed by atoms with Crippen molar-refractivity contribution >= 4 is 34.7 Å². The van der Waals surface area contributed by atoms with Crippen LogP contribution in [0.3, 0.4) is 0 Å². The van der Waals surface area contributed by atoms with Gasteiger partial charge in [0.2, 0.25) is 0 Å². The molecular weight excluding hydrogens is 374 g/mol. The van der Waals surface area contributed by atoms with Crippen molar-refractivity contribution in [1.29, 1.82) is 0 Å². The van der Waals surface area contributed by atoms with Crippen LogP contribution in [0.15, 0.2) is 54.6 Å². The fourth-order valence-corrected chi connectivity index (χ4v) is 2.41. The number of nitrogens with zero attached hydrogens (tertiary/aromatic N) is 2. The van der Waals surface area contributed by atoms with Crippen molar-refractivity contribution in [3.63, 3.8) is 0 Å². The quantitative estimate of drug-likeness (QED) is 0.546. The number of benzene rings is 2. The Hall–Kier alpha value is -2.31. The molecule has 3 nitrogen and oxygen atoms in total. The zero-order valence-corrected chi connectivity index (χ0v) is 14.0. The average molecular weight is 384 g/mol. The monoisotopic (exact) mass is 383 g/mol. The second-order valence-corrected chi connectivity index (χ2v) is 5.93. The number of anilines is 2. The third-order valence-corrected chi connectivity index (χ3v) is 3.73. The summed E-state index contributed by atoms with van der Waals surface area (Å²) in [5.74, 6) is 0.634. The van der Waals surface area contributed by atoms with Crippen molar-refractivity contribution in [2.75, 3.05) is 5.32 Å². The summed E-state index contributed by atoms with van der Waals surface area (Å²) in [6.07, 6.45) is -4.39.